The van der Waals surface area contributed by atoms with Crippen molar-refractivity contribution in [3.8, 4) is 0 Å². The van der Waals surface area contributed by atoms with E-state index < -0.39 is 0 Å². The van der Waals surface area contributed by atoms with Gasteiger partial charge in [-0.05, 0) is 26.2 Å². The summed E-state index contributed by atoms with van der Waals surface area (Å²) in [4.78, 5) is 10.2. The molecule has 0 aliphatic carbocycles. The van der Waals surface area contributed by atoms with E-state index in [0.717, 1.165) is 31.6 Å². The highest BCUT2D eigenvalue weighted by Gasteiger charge is 2.27. The van der Waals surface area contributed by atoms with Crippen LogP contribution in [0.2, 0.25) is 5.15 Å². The average molecular weight is 242 g/mol. The van der Waals surface area contributed by atoms with Crippen LogP contribution in [-0.4, -0.2) is 33.8 Å². The Labute approximate surface area is 100 Å². The number of anilines is 1. The fourth-order valence-electron chi connectivity index (χ4n) is 2.22. The molecule has 1 aliphatic heterocycles. The summed E-state index contributed by atoms with van der Waals surface area (Å²) < 4.78 is 0. The lowest BCUT2D eigenvalue weighted by atomic mass is 9.98. The van der Waals surface area contributed by atoms with Crippen LogP contribution in [0.3, 0.4) is 0 Å². The number of rotatable bonds is 2. The Morgan fingerprint density at radius 2 is 2.31 bits per heavy atom. The normalized spacial score (nSPS) is 23.2. The molecule has 2 heterocycles. The SMILES string of the molecule is CC(O)C1CCCCN1c1cc(Cl)ncn1. The monoisotopic (exact) mass is 241 g/mol. The molecule has 0 radical (unpaired) electrons. The number of piperidine rings is 1. The highest BCUT2D eigenvalue weighted by molar-refractivity contribution is 6.29. The number of aliphatic hydroxyl groups is 1. The second-order valence-electron chi connectivity index (χ2n) is 4.20. The van der Waals surface area contributed by atoms with Crippen molar-refractivity contribution in [2.75, 3.05) is 11.4 Å². The molecule has 4 nitrogen and oxygen atoms in total. The highest BCUT2D eigenvalue weighted by atomic mass is 35.5. The molecule has 5 heteroatoms. The molecule has 1 fully saturated rings. The van der Waals surface area contributed by atoms with Crippen LogP contribution in [0.25, 0.3) is 0 Å². The summed E-state index contributed by atoms with van der Waals surface area (Å²) in [5, 5.41) is 10.2. The summed E-state index contributed by atoms with van der Waals surface area (Å²) in [5.41, 5.74) is 0. The molecule has 1 N–H and O–H groups in total. The Kier molecular flexibility index (Phi) is 3.61. The molecule has 1 saturated heterocycles. The van der Waals surface area contributed by atoms with Gasteiger partial charge in [0.25, 0.3) is 0 Å². The van der Waals surface area contributed by atoms with E-state index in [0.29, 0.717) is 5.15 Å². The van der Waals surface area contributed by atoms with Crippen molar-refractivity contribution in [3.63, 3.8) is 0 Å². The minimum absolute atomic E-state index is 0.139. The minimum atomic E-state index is -0.353. The van der Waals surface area contributed by atoms with Gasteiger partial charge in [-0.1, -0.05) is 11.6 Å². The molecule has 0 aromatic carbocycles. The molecule has 0 saturated carbocycles. The number of halogens is 1. The van der Waals surface area contributed by atoms with Gasteiger partial charge in [-0.3, -0.25) is 0 Å². The van der Waals surface area contributed by atoms with E-state index in [1.54, 1.807) is 6.07 Å². The second-order valence-corrected chi connectivity index (χ2v) is 4.58. The predicted octanol–water partition coefficient (Wildman–Crippen LogP) is 1.87. The Hall–Kier alpha value is -0.870. The van der Waals surface area contributed by atoms with E-state index in [1.807, 2.05) is 6.92 Å². The lowest BCUT2D eigenvalue weighted by Crippen LogP contribution is -2.46. The molecule has 2 rings (SSSR count). The third-order valence-electron chi connectivity index (χ3n) is 3.02. The summed E-state index contributed by atoms with van der Waals surface area (Å²) in [6.07, 6.45) is 4.40. The van der Waals surface area contributed by atoms with Crippen LogP contribution < -0.4 is 4.90 Å². The quantitative estimate of drug-likeness (QED) is 0.804. The summed E-state index contributed by atoms with van der Waals surface area (Å²) in [6.45, 7) is 2.74. The molecule has 16 heavy (non-hydrogen) atoms. The molecular weight excluding hydrogens is 226 g/mol. The molecule has 2 atom stereocenters. The Morgan fingerprint density at radius 3 is 3.00 bits per heavy atom. The lowest BCUT2D eigenvalue weighted by Gasteiger charge is -2.38. The van der Waals surface area contributed by atoms with Crippen molar-refractivity contribution >= 4 is 17.4 Å². The zero-order chi connectivity index (χ0) is 11.5. The van der Waals surface area contributed by atoms with E-state index in [9.17, 15) is 5.11 Å². The number of hydrogen-bond acceptors (Lipinski definition) is 4. The fourth-order valence-corrected chi connectivity index (χ4v) is 2.37. The van der Waals surface area contributed by atoms with Gasteiger partial charge in [0, 0.05) is 12.6 Å². The van der Waals surface area contributed by atoms with Gasteiger partial charge in [0.15, 0.2) is 0 Å². The third-order valence-corrected chi connectivity index (χ3v) is 3.23. The zero-order valence-corrected chi connectivity index (χ0v) is 10.1. The number of aliphatic hydroxyl groups excluding tert-OH is 1. The minimum Gasteiger partial charge on any atom is -0.391 e. The smallest absolute Gasteiger partial charge is 0.134 e. The lowest BCUT2D eigenvalue weighted by molar-refractivity contribution is 0.145. The van der Waals surface area contributed by atoms with Gasteiger partial charge in [-0.2, -0.15) is 0 Å². The molecule has 88 valence electrons. The number of nitrogens with zero attached hydrogens (tertiary/aromatic N) is 3. The van der Waals surface area contributed by atoms with Gasteiger partial charge >= 0.3 is 0 Å². The van der Waals surface area contributed by atoms with Crippen LogP contribution in [0.5, 0.6) is 0 Å². The van der Waals surface area contributed by atoms with E-state index >= 15 is 0 Å². The third kappa shape index (κ3) is 2.44. The van der Waals surface area contributed by atoms with Gasteiger partial charge in [-0.25, -0.2) is 9.97 Å². The molecular formula is C11H16ClN3O. The second kappa shape index (κ2) is 4.97. The van der Waals surface area contributed by atoms with E-state index in [-0.39, 0.29) is 12.1 Å². The Bertz CT molecular complexity index is 359. The molecule has 0 bridgehead atoms. The maximum Gasteiger partial charge on any atom is 0.134 e. The molecule has 0 spiro atoms. The summed E-state index contributed by atoms with van der Waals surface area (Å²) in [6, 6.07) is 1.89. The van der Waals surface area contributed by atoms with Gasteiger partial charge < -0.3 is 10.0 Å². The van der Waals surface area contributed by atoms with Crippen molar-refractivity contribution < 1.29 is 5.11 Å². The van der Waals surface area contributed by atoms with Crippen molar-refractivity contribution in [1.29, 1.82) is 0 Å². The highest BCUT2D eigenvalue weighted by Crippen LogP contribution is 2.25. The molecule has 1 aromatic rings. The average Bonchev–Trinajstić information content (AvgIpc) is 2.29. The summed E-state index contributed by atoms with van der Waals surface area (Å²) in [7, 11) is 0. The maximum atomic E-state index is 9.76. The topological polar surface area (TPSA) is 49.2 Å². The first kappa shape index (κ1) is 11.6. The first-order valence-corrected chi connectivity index (χ1v) is 5.98. The molecule has 0 amide bonds. The van der Waals surface area contributed by atoms with Crippen molar-refractivity contribution in [2.45, 2.75) is 38.3 Å². The van der Waals surface area contributed by atoms with Crippen molar-refractivity contribution in [3.05, 3.63) is 17.5 Å². The molecule has 1 aromatic heterocycles. The van der Waals surface area contributed by atoms with Crippen LogP contribution >= 0.6 is 11.6 Å². The van der Waals surface area contributed by atoms with Gasteiger partial charge in [0.05, 0.1) is 12.1 Å². The summed E-state index contributed by atoms with van der Waals surface area (Å²) in [5.74, 6) is 0.811. The number of hydrogen-bond donors (Lipinski definition) is 1. The van der Waals surface area contributed by atoms with Crippen LogP contribution in [0.4, 0.5) is 5.82 Å². The van der Waals surface area contributed by atoms with Crippen LogP contribution in [0.15, 0.2) is 12.4 Å². The van der Waals surface area contributed by atoms with E-state index in [2.05, 4.69) is 14.9 Å². The molecule has 1 aliphatic rings. The zero-order valence-electron chi connectivity index (χ0n) is 9.30. The van der Waals surface area contributed by atoms with E-state index in [4.69, 9.17) is 11.6 Å². The van der Waals surface area contributed by atoms with E-state index in [1.165, 1.54) is 6.33 Å². The van der Waals surface area contributed by atoms with Crippen LogP contribution in [0, 0.1) is 0 Å². The van der Waals surface area contributed by atoms with Gasteiger partial charge in [0.2, 0.25) is 0 Å². The van der Waals surface area contributed by atoms with Gasteiger partial charge in [0.1, 0.15) is 17.3 Å². The first-order valence-electron chi connectivity index (χ1n) is 5.61. The maximum absolute atomic E-state index is 9.76. The Balaban J connectivity index is 2.23. The van der Waals surface area contributed by atoms with Gasteiger partial charge in [-0.15, -0.1) is 0 Å². The standard InChI is InChI=1S/C11H16ClN3O/c1-8(16)9-4-2-3-5-15(9)11-6-10(12)13-7-14-11/h6-9,16H,2-5H2,1H3. The summed E-state index contributed by atoms with van der Waals surface area (Å²) >= 11 is 5.85. The predicted molar refractivity (Wildman–Crippen MR) is 63.7 cm³/mol. The van der Waals surface area contributed by atoms with Crippen LogP contribution in [-0.2, 0) is 0 Å². The fraction of sp³-hybridized carbons (Fsp3) is 0.636. The largest absolute Gasteiger partial charge is 0.391 e. The number of aromatic nitrogens is 2. The first-order chi connectivity index (χ1) is 7.68. The Morgan fingerprint density at radius 1 is 1.50 bits per heavy atom. The molecule has 2 unspecified atom stereocenters. The van der Waals surface area contributed by atoms with Crippen molar-refractivity contribution in [2.24, 2.45) is 0 Å². The van der Waals surface area contributed by atoms with Crippen molar-refractivity contribution in [1.82, 2.24) is 9.97 Å². The van der Waals surface area contributed by atoms with Crippen LogP contribution in [0.1, 0.15) is 26.2 Å².